The Kier molecular flexibility index (Phi) is 5.95. The molecule has 2 aliphatic rings. The lowest BCUT2D eigenvalue weighted by Crippen LogP contribution is -2.21. The van der Waals surface area contributed by atoms with Gasteiger partial charge in [0, 0.05) is 59.8 Å². The summed E-state index contributed by atoms with van der Waals surface area (Å²) in [6.07, 6.45) is 6.63. The molecular weight excluding hydrogens is 631 g/mol. The Morgan fingerprint density at radius 1 is 0.560 bits per heavy atom. The van der Waals surface area contributed by atoms with Crippen LogP contribution < -0.4 is 9.64 Å². The van der Waals surface area contributed by atoms with Crippen molar-refractivity contribution in [3.63, 3.8) is 0 Å². The molecule has 0 spiro atoms. The molecule has 2 unspecified atom stereocenters. The number of rotatable bonds is 4. The summed E-state index contributed by atoms with van der Waals surface area (Å²) in [5.41, 5.74) is 8.77. The summed E-state index contributed by atoms with van der Waals surface area (Å²) in [6.45, 7) is 0. The van der Waals surface area contributed by atoms with Crippen molar-refractivity contribution in [2.24, 2.45) is 0 Å². The van der Waals surface area contributed by atoms with Crippen LogP contribution in [0.4, 0.5) is 17.1 Å². The Labute approximate surface area is 292 Å². The van der Waals surface area contributed by atoms with E-state index in [9.17, 15) is 0 Å². The second-order valence-corrected chi connectivity index (χ2v) is 14.2. The molecule has 3 nitrogen and oxygen atoms in total. The van der Waals surface area contributed by atoms with E-state index < -0.39 is 0 Å². The molecule has 0 fully saturated rings. The third-order valence-corrected chi connectivity index (χ3v) is 11.6. The molecule has 236 valence electrons. The first-order valence-corrected chi connectivity index (χ1v) is 17.9. The lowest BCUT2D eigenvalue weighted by Gasteiger charge is -2.28. The van der Waals surface area contributed by atoms with Crippen molar-refractivity contribution in [3.8, 4) is 5.75 Å². The van der Waals surface area contributed by atoms with Crippen LogP contribution in [0, 0.1) is 0 Å². The first kappa shape index (κ1) is 27.8. The predicted octanol–water partition coefficient (Wildman–Crippen LogP) is 13.1. The fourth-order valence-electron chi connectivity index (χ4n) is 8.17. The molecule has 11 rings (SSSR count). The molecule has 50 heavy (non-hydrogen) atoms. The highest BCUT2D eigenvalue weighted by atomic mass is 32.1. The van der Waals surface area contributed by atoms with Crippen molar-refractivity contribution in [1.82, 2.24) is 0 Å². The van der Waals surface area contributed by atoms with Crippen LogP contribution in [0.1, 0.15) is 17.0 Å². The average molecular weight is 660 g/mol. The maximum Gasteiger partial charge on any atom is 0.135 e. The molecule has 4 heteroatoms. The van der Waals surface area contributed by atoms with Crippen LogP contribution in [-0.4, -0.2) is 6.10 Å². The van der Waals surface area contributed by atoms with Gasteiger partial charge in [0.05, 0.1) is 16.1 Å². The fraction of sp³-hybridized carbons (Fsp3) is 0.0435. The van der Waals surface area contributed by atoms with E-state index in [0.717, 1.165) is 55.5 Å². The second-order valence-electron chi connectivity index (χ2n) is 13.2. The molecule has 0 saturated carbocycles. The zero-order chi connectivity index (χ0) is 32.8. The van der Waals surface area contributed by atoms with Crippen LogP contribution in [0.25, 0.3) is 58.5 Å². The monoisotopic (exact) mass is 659 g/mol. The summed E-state index contributed by atoms with van der Waals surface area (Å²) in [6, 6.07) is 52.2. The summed E-state index contributed by atoms with van der Waals surface area (Å²) < 4.78 is 15.8. The second kappa shape index (κ2) is 10.7. The molecule has 2 atom stereocenters. The number of anilines is 3. The highest BCUT2D eigenvalue weighted by Gasteiger charge is 2.39. The summed E-state index contributed by atoms with van der Waals surface area (Å²) in [4.78, 5) is 2.47. The van der Waals surface area contributed by atoms with Crippen molar-refractivity contribution in [1.29, 1.82) is 0 Å². The minimum Gasteiger partial charge on any atom is -0.484 e. The van der Waals surface area contributed by atoms with Gasteiger partial charge in [0.1, 0.15) is 23.0 Å². The number of ether oxygens (including phenoxy) is 1. The maximum absolute atomic E-state index is 6.99. The molecule has 0 bridgehead atoms. The molecule has 1 aliphatic heterocycles. The molecule has 1 aliphatic carbocycles. The summed E-state index contributed by atoms with van der Waals surface area (Å²) in [5, 5.41) is 7.05. The van der Waals surface area contributed by atoms with E-state index in [0.29, 0.717) is 0 Å². The van der Waals surface area contributed by atoms with Gasteiger partial charge in [0.15, 0.2) is 0 Å². The molecule has 7 aromatic carbocycles. The van der Waals surface area contributed by atoms with Crippen molar-refractivity contribution in [2.75, 3.05) is 4.90 Å². The van der Waals surface area contributed by atoms with E-state index in [-0.39, 0.29) is 12.0 Å². The number of fused-ring (bicyclic) bond motifs is 11. The molecule has 0 N–H and O–H groups in total. The largest absolute Gasteiger partial charge is 0.484 e. The van der Waals surface area contributed by atoms with Crippen LogP contribution in [0.2, 0.25) is 0 Å². The van der Waals surface area contributed by atoms with Gasteiger partial charge in [-0.25, -0.2) is 0 Å². The van der Waals surface area contributed by atoms with Crippen molar-refractivity contribution in [3.05, 3.63) is 175 Å². The highest BCUT2D eigenvalue weighted by Crippen LogP contribution is 2.54. The first-order valence-electron chi connectivity index (χ1n) is 17.1. The molecular formula is C46H29NO2S. The van der Waals surface area contributed by atoms with Gasteiger partial charge in [0.2, 0.25) is 0 Å². The average Bonchev–Trinajstić information content (AvgIpc) is 3.87. The van der Waals surface area contributed by atoms with Crippen LogP contribution in [0.3, 0.4) is 0 Å². The number of furan rings is 1. The predicted molar refractivity (Wildman–Crippen MR) is 210 cm³/mol. The van der Waals surface area contributed by atoms with Gasteiger partial charge in [-0.05, 0) is 48.0 Å². The van der Waals surface area contributed by atoms with E-state index in [4.69, 9.17) is 9.15 Å². The number of hydrogen-bond donors (Lipinski definition) is 0. The number of hydrogen-bond acceptors (Lipinski definition) is 4. The van der Waals surface area contributed by atoms with E-state index in [1.165, 1.54) is 36.9 Å². The van der Waals surface area contributed by atoms with Gasteiger partial charge in [-0.3, -0.25) is 0 Å². The Balaban J connectivity index is 1.19. The SMILES string of the molecule is C1=CC2c3cc(N(c4ccc5oc6ccccc6c5c4)c4cccc5c4sc4ccccc45)c4ccccc4c3OC2C(c2ccccc2)=C1. The number of nitrogens with zero attached hydrogens (tertiary/aromatic N) is 1. The summed E-state index contributed by atoms with van der Waals surface area (Å²) in [5.74, 6) is 1.07. The van der Waals surface area contributed by atoms with Gasteiger partial charge in [-0.15, -0.1) is 11.3 Å². The van der Waals surface area contributed by atoms with E-state index in [1.54, 1.807) is 0 Å². The zero-order valence-corrected chi connectivity index (χ0v) is 27.7. The topological polar surface area (TPSA) is 25.6 Å². The van der Waals surface area contributed by atoms with Crippen molar-refractivity contribution in [2.45, 2.75) is 12.0 Å². The lowest BCUT2D eigenvalue weighted by molar-refractivity contribution is 0.281. The highest BCUT2D eigenvalue weighted by molar-refractivity contribution is 7.26. The number of allylic oxidation sites excluding steroid dienone is 2. The van der Waals surface area contributed by atoms with E-state index in [2.05, 4.69) is 157 Å². The lowest BCUT2D eigenvalue weighted by atomic mass is 9.83. The van der Waals surface area contributed by atoms with Crippen LogP contribution in [0.5, 0.6) is 5.75 Å². The summed E-state index contributed by atoms with van der Waals surface area (Å²) >= 11 is 1.86. The molecule has 0 amide bonds. The molecule has 2 aromatic heterocycles. The first-order chi connectivity index (χ1) is 24.8. The molecule has 9 aromatic rings. The molecule has 3 heterocycles. The summed E-state index contributed by atoms with van der Waals surface area (Å²) in [7, 11) is 0. The van der Waals surface area contributed by atoms with Crippen LogP contribution in [-0.2, 0) is 0 Å². The quantitative estimate of drug-likeness (QED) is 0.188. The van der Waals surface area contributed by atoms with Gasteiger partial charge in [0.25, 0.3) is 0 Å². The van der Waals surface area contributed by atoms with Crippen molar-refractivity contribution < 1.29 is 9.15 Å². The number of benzene rings is 7. The third-order valence-electron chi connectivity index (χ3n) is 10.4. The van der Waals surface area contributed by atoms with Crippen LogP contribution in [0.15, 0.2) is 168 Å². The number of para-hydroxylation sites is 1. The maximum atomic E-state index is 6.99. The zero-order valence-electron chi connectivity index (χ0n) is 26.9. The minimum atomic E-state index is -0.0934. The van der Waals surface area contributed by atoms with Crippen LogP contribution >= 0.6 is 11.3 Å². The normalized spacial score (nSPS) is 16.6. The van der Waals surface area contributed by atoms with E-state index in [1.807, 2.05) is 23.5 Å². The Hall–Kier alpha value is -6.10. The Bertz CT molecular complexity index is 2880. The van der Waals surface area contributed by atoms with Gasteiger partial charge in [-0.1, -0.05) is 121 Å². The molecule has 0 radical (unpaired) electrons. The van der Waals surface area contributed by atoms with Gasteiger partial charge >= 0.3 is 0 Å². The smallest absolute Gasteiger partial charge is 0.135 e. The van der Waals surface area contributed by atoms with Gasteiger partial charge in [-0.2, -0.15) is 0 Å². The van der Waals surface area contributed by atoms with E-state index >= 15 is 0 Å². The van der Waals surface area contributed by atoms with Crippen molar-refractivity contribution >= 4 is 86.9 Å². The standard InChI is InChI=1S/C46H29NO2S/c1-2-12-28(13-3-1)30-18-10-19-35-38-27-40(31-14-4-5-17-34(31)45(38)49-44(30)35)47(29-24-25-42-37(26-29)32-15-6-8-22-41(32)48-42)39-21-11-20-36-33-16-7-9-23-43(33)50-46(36)39/h1-27,35,44H. The Morgan fingerprint density at radius 3 is 2.20 bits per heavy atom. The third kappa shape index (κ3) is 4.03. The van der Waals surface area contributed by atoms with Gasteiger partial charge < -0.3 is 14.1 Å². The minimum absolute atomic E-state index is 0.0934. The Morgan fingerprint density at radius 2 is 1.30 bits per heavy atom. The molecule has 0 saturated heterocycles. The fourth-order valence-corrected chi connectivity index (χ4v) is 9.38. The number of thiophene rings is 1.